The molecule has 1 fully saturated rings. The molecule has 2 atom stereocenters. The van der Waals surface area contributed by atoms with Gasteiger partial charge < -0.3 is 5.32 Å². The van der Waals surface area contributed by atoms with Crippen molar-refractivity contribution in [2.24, 2.45) is 0 Å². The molecular formula is C19H32N2. The molecule has 0 aliphatic carbocycles. The molecule has 1 aromatic carbocycles. The summed E-state index contributed by atoms with van der Waals surface area (Å²) in [6.07, 6.45) is 8.08. The summed E-state index contributed by atoms with van der Waals surface area (Å²) in [7, 11) is 0. The molecule has 0 radical (unpaired) electrons. The van der Waals surface area contributed by atoms with Crippen LogP contribution in [0.1, 0.15) is 64.0 Å². The van der Waals surface area contributed by atoms with Crippen molar-refractivity contribution in [2.75, 3.05) is 19.6 Å². The van der Waals surface area contributed by atoms with E-state index in [4.69, 9.17) is 0 Å². The maximum Gasteiger partial charge on any atom is 0.0473 e. The molecule has 118 valence electrons. The second-order valence-electron chi connectivity index (χ2n) is 6.35. The lowest BCUT2D eigenvalue weighted by molar-refractivity contribution is 0.126. The Morgan fingerprint density at radius 2 is 1.81 bits per heavy atom. The summed E-state index contributed by atoms with van der Waals surface area (Å²) < 4.78 is 0. The first-order valence-electron chi connectivity index (χ1n) is 8.87. The maximum atomic E-state index is 3.72. The van der Waals surface area contributed by atoms with Gasteiger partial charge >= 0.3 is 0 Å². The van der Waals surface area contributed by atoms with Crippen LogP contribution in [0.4, 0.5) is 0 Å². The molecule has 2 nitrogen and oxygen atoms in total. The fourth-order valence-electron chi connectivity index (χ4n) is 3.33. The van der Waals surface area contributed by atoms with Crippen molar-refractivity contribution in [1.82, 2.24) is 10.2 Å². The lowest BCUT2D eigenvalue weighted by Gasteiger charge is -2.40. The summed E-state index contributed by atoms with van der Waals surface area (Å²) in [6.45, 7) is 8.12. The first kappa shape index (κ1) is 16.5. The van der Waals surface area contributed by atoms with Gasteiger partial charge in [-0.15, -0.1) is 0 Å². The van der Waals surface area contributed by atoms with Crippen LogP contribution in [0.5, 0.6) is 0 Å². The predicted octanol–water partition coefficient (Wildman–Crippen LogP) is 4.38. The third-order valence-electron chi connectivity index (χ3n) is 4.72. The highest BCUT2D eigenvalue weighted by atomic mass is 15.2. The highest BCUT2D eigenvalue weighted by molar-refractivity contribution is 5.20. The van der Waals surface area contributed by atoms with E-state index < -0.39 is 0 Å². The van der Waals surface area contributed by atoms with Crippen molar-refractivity contribution in [3.63, 3.8) is 0 Å². The minimum Gasteiger partial charge on any atom is -0.311 e. The van der Waals surface area contributed by atoms with Crippen molar-refractivity contribution < 1.29 is 0 Å². The molecule has 2 heteroatoms. The number of piperazine rings is 1. The minimum atomic E-state index is 0.556. The van der Waals surface area contributed by atoms with Gasteiger partial charge in [0.05, 0.1) is 0 Å². The zero-order valence-corrected chi connectivity index (χ0v) is 13.9. The van der Waals surface area contributed by atoms with Crippen molar-refractivity contribution in [2.45, 2.75) is 64.5 Å². The van der Waals surface area contributed by atoms with Crippen molar-refractivity contribution in [3.8, 4) is 0 Å². The molecule has 1 aromatic rings. The Kier molecular flexibility index (Phi) is 7.25. The number of nitrogens with zero attached hydrogens (tertiary/aromatic N) is 1. The first-order chi connectivity index (χ1) is 10.3. The fourth-order valence-corrected chi connectivity index (χ4v) is 3.33. The SMILES string of the molecule is CCCCCCCN1CC(CC)NCC1c1ccccc1. The Bertz CT molecular complexity index is 376. The second-order valence-corrected chi connectivity index (χ2v) is 6.35. The summed E-state index contributed by atoms with van der Waals surface area (Å²) in [6, 6.07) is 12.2. The third kappa shape index (κ3) is 5.12. The van der Waals surface area contributed by atoms with Gasteiger partial charge in [-0.25, -0.2) is 0 Å². The molecule has 0 aromatic heterocycles. The Hall–Kier alpha value is -0.860. The van der Waals surface area contributed by atoms with E-state index in [1.165, 1.54) is 57.2 Å². The van der Waals surface area contributed by atoms with Crippen LogP contribution in [0.2, 0.25) is 0 Å². The second kappa shape index (κ2) is 9.22. The lowest BCUT2D eigenvalue weighted by atomic mass is 9.99. The fraction of sp³-hybridized carbons (Fsp3) is 0.684. The van der Waals surface area contributed by atoms with Gasteiger partial charge in [-0.1, -0.05) is 69.9 Å². The topological polar surface area (TPSA) is 15.3 Å². The highest BCUT2D eigenvalue weighted by Crippen LogP contribution is 2.24. The van der Waals surface area contributed by atoms with Gasteiger partial charge in [-0.3, -0.25) is 4.90 Å². The normalized spacial score (nSPS) is 23.3. The molecule has 1 N–H and O–H groups in total. The molecular weight excluding hydrogens is 256 g/mol. The Labute approximate surface area is 130 Å². The molecule has 0 bridgehead atoms. The van der Waals surface area contributed by atoms with Crippen LogP contribution in [-0.4, -0.2) is 30.6 Å². The summed E-state index contributed by atoms with van der Waals surface area (Å²) in [5.41, 5.74) is 1.47. The van der Waals surface area contributed by atoms with Crippen LogP contribution in [0.15, 0.2) is 30.3 Å². The third-order valence-corrected chi connectivity index (χ3v) is 4.72. The summed E-state index contributed by atoms with van der Waals surface area (Å²) in [5, 5.41) is 3.72. The standard InChI is InChI=1S/C19H32N2/c1-3-5-6-7-11-14-21-16-18(4-2)20-15-19(21)17-12-9-8-10-13-17/h8-10,12-13,18-20H,3-7,11,14-16H2,1-2H3. The molecule has 2 unspecified atom stereocenters. The van der Waals surface area contributed by atoms with Crippen LogP contribution >= 0.6 is 0 Å². The molecule has 2 rings (SSSR count). The quantitative estimate of drug-likeness (QED) is 0.714. The van der Waals surface area contributed by atoms with E-state index in [9.17, 15) is 0 Å². The molecule has 0 saturated carbocycles. The van der Waals surface area contributed by atoms with E-state index in [1.54, 1.807) is 0 Å². The number of hydrogen-bond donors (Lipinski definition) is 1. The molecule has 1 heterocycles. The Morgan fingerprint density at radius 1 is 1.05 bits per heavy atom. The number of rotatable bonds is 8. The summed E-state index contributed by atoms with van der Waals surface area (Å²) in [5.74, 6) is 0. The number of hydrogen-bond acceptors (Lipinski definition) is 2. The van der Waals surface area contributed by atoms with Gasteiger partial charge in [0.25, 0.3) is 0 Å². The molecule has 1 saturated heterocycles. The van der Waals surface area contributed by atoms with Gasteiger partial charge in [-0.05, 0) is 24.9 Å². The smallest absolute Gasteiger partial charge is 0.0473 e. The zero-order chi connectivity index (χ0) is 14.9. The van der Waals surface area contributed by atoms with Gasteiger partial charge in [0.15, 0.2) is 0 Å². The van der Waals surface area contributed by atoms with E-state index in [0.717, 1.165) is 6.54 Å². The Balaban J connectivity index is 1.90. The number of nitrogens with one attached hydrogen (secondary N) is 1. The van der Waals surface area contributed by atoms with E-state index in [0.29, 0.717) is 12.1 Å². The average molecular weight is 288 g/mol. The van der Waals surface area contributed by atoms with Gasteiger partial charge in [-0.2, -0.15) is 0 Å². The van der Waals surface area contributed by atoms with E-state index in [-0.39, 0.29) is 0 Å². The molecule has 0 amide bonds. The molecule has 21 heavy (non-hydrogen) atoms. The first-order valence-corrected chi connectivity index (χ1v) is 8.87. The van der Waals surface area contributed by atoms with Gasteiger partial charge in [0.1, 0.15) is 0 Å². The largest absolute Gasteiger partial charge is 0.311 e. The van der Waals surface area contributed by atoms with Crippen molar-refractivity contribution >= 4 is 0 Å². The predicted molar refractivity (Wildman–Crippen MR) is 91.6 cm³/mol. The average Bonchev–Trinajstić information content (AvgIpc) is 2.55. The van der Waals surface area contributed by atoms with Gasteiger partial charge in [0.2, 0.25) is 0 Å². The number of unbranched alkanes of at least 4 members (excludes halogenated alkanes) is 4. The molecule has 0 spiro atoms. The Morgan fingerprint density at radius 3 is 2.52 bits per heavy atom. The summed E-state index contributed by atoms with van der Waals surface area (Å²) in [4.78, 5) is 2.71. The molecule has 1 aliphatic heterocycles. The van der Waals surface area contributed by atoms with Gasteiger partial charge in [0, 0.05) is 25.2 Å². The number of benzene rings is 1. The van der Waals surface area contributed by atoms with Crippen molar-refractivity contribution in [3.05, 3.63) is 35.9 Å². The van der Waals surface area contributed by atoms with Crippen molar-refractivity contribution in [1.29, 1.82) is 0 Å². The van der Waals surface area contributed by atoms with E-state index in [1.807, 2.05) is 0 Å². The van der Waals surface area contributed by atoms with Crippen LogP contribution in [0.3, 0.4) is 0 Å². The van der Waals surface area contributed by atoms with E-state index >= 15 is 0 Å². The summed E-state index contributed by atoms with van der Waals surface area (Å²) >= 11 is 0. The van der Waals surface area contributed by atoms with Crippen LogP contribution in [0, 0.1) is 0 Å². The minimum absolute atomic E-state index is 0.556. The van der Waals surface area contributed by atoms with Crippen LogP contribution < -0.4 is 5.32 Å². The van der Waals surface area contributed by atoms with E-state index in [2.05, 4.69) is 54.4 Å². The maximum absolute atomic E-state index is 3.72. The monoisotopic (exact) mass is 288 g/mol. The molecule has 1 aliphatic rings. The zero-order valence-electron chi connectivity index (χ0n) is 13.9. The van der Waals surface area contributed by atoms with Crippen LogP contribution in [0.25, 0.3) is 0 Å². The van der Waals surface area contributed by atoms with Crippen LogP contribution in [-0.2, 0) is 0 Å². The highest BCUT2D eigenvalue weighted by Gasteiger charge is 2.27. The lowest BCUT2D eigenvalue weighted by Crippen LogP contribution is -2.52.